The lowest BCUT2D eigenvalue weighted by molar-refractivity contribution is -0.142. The molecule has 2 bridgehead atoms. The molecule has 1 aromatic carbocycles. The van der Waals surface area contributed by atoms with E-state index >= 15 is 0 Å². The smallest absolute Gasteiger partial charge is 0.305 e. The maximum Gasteiger partial charge on any atom is 0.305 e. The fourth-order valence-electron chi connectivity index (χ4n) is 3.56. The molecule has 2 fully saturated rings. The highest BCUT2D eigenvalue weighted by Gasteiger charge is 2.55. The standard InChI is InChI=1S/C16H19BrO3/c1-19-14(18)6-7-15-8-10-16(20-15,11-9-15)12-2-4-13(17)5-3-12/h2-5H,6-11H2,1H3. The minimum atomic E-state index is -0.143. The van der Waals surface area contributed by atoms with Gasteiger partial charge in [-0.15, -0.1) is 0 Å². The number of benzene rings is 1. The van der Waals surface area contributed by atoms with Crippen molar-refractivity contribution in [1.82, 2.24) is 0 Å². The molecule has 2 aliphatic rings. The van der Waals surface area contributed by atoms with Crippen molar-refractivity contribution in [1.29, 1.82) is 0 Å². The molecule has 0 amide bonds. The monoisotopic (exact) mass is 338 g/mol. The van der Waals surface area contributed by atoms with Crippen molar-refractivity contribution in [2.24, 2.45) is 0 Å². The van der Waals surface area contributed by atoms with Gasteiger partial charge in [-0.2, -0.15) is 0 Å². The van der Waals surface area contributed by atoms with Crippen LogP contribution in [0.2, 0.25) is 0 Å². The first-order valence-electron chi connectivity index (χ1n) is 7.11. The van der Waals surface area contributed by atoms with Gasteiger partial charge in [0.1, 0.15) is 0 Å². The van der Waals surface area contributed by atoms with Gasteiger partial charge < -0.3 is 9.47 Å². The van der Waals surface area contributed by atoms with E-state index in [1.165, 1.54) is 12.7 Å². The number of hydrogen-bond acceptors (Lipinski definition) is 3. The maximum atomic E-state index is 11.3. The van der Waals surface area contributed by atoms with Crippen molar-refractivity contribution in [3.8, 4) is 0 Å². The molecular formula is C16H19BrO3. The Morgan fingerprint density at radius 1 is 1.25 bits per heavy atom. The second-order valence-corrected chi connectivity index (χ2v) is 6.78. The summed E-state index contributed by atoms with van der Waals surface area (Å²) in [4.78, 5) is 11.3. The van der Waals surface area contributed by atoms with E-state index in [0.717, 1.165) is 36.6 Å². The summed E-state index contributed by atoms with van der Waals surface area (Å²) in [5.41, 5.74) is 1.02. The number of ether oxygens (including phenoxy) is 2. The van der Waals surface area contributed by atoms with Gasteiger partial charge in [-0.1, -0.05) is 28.1 Å². The number of hydrogen-bond donors (Lipinski definition) is 0. The Labute approximate surface area is 127 Å². The predicted octanol–water partition coefficient (Wildman–Crippen LogP) is 3.94. The van der Waals surface area contributed by atoms with E-state index in [1.54, 1.807) is 0 Å². The molecule has 108 valence electrons. The Hall–Kier alpha value is -0.870. The van der Waals surface area contributed by atoms with Crippen LogP contribution >= 0.6 is 15.9 Å². The van der Waals surface area contributed by atoms with E-state index in [9.17, 15) is 4.79 Å². The molecular weight excluding hydrogens is 320 g/mol. The van der Waals surface area contributed by atoms with Gasteiger partial charge in [-0.25, -0.2) is 0 Å². The van der Waals surface area contributed by atoms with Crippen LogP contribution in [0.3, 0.4) is 0 Å². The molecule has 4 heteroatoms. The molecule has 0 aromatic heterocycles. The van der Waals surface area contributed by atoms with Crippen LogP contribution in [0, 0.1) is 0 Å². The second kappa shape index (κ2) is 5.15. The van der Waals surface area contributed by atoms with Crippen LogP contribution in [0.1, 0.15) is 44.1 Å². The Balaban J connectivity index is 1.73. The molecule has 0 saturated carbocycles. The molecule has 0 N–H and O–H groups in total. The fourth-order valence-corrected chi connectivity index (χ4v) is 3.83. The Kier molecular flexibility index (Phi) is 3.63. The molecule has 20 heavy (non-hydrogen) atoms. The van der Waals surface area contributed by atoms with Gasteiger partial charge in [0, 0.05) is 10.9 Å². The minimum Gasteiger partial charge on any atom is -0.469 e. The zero-order valence-electron chi connectivity index (χ0n) is 11.7. The first-order valence-corrected chi connectivity index (χ1v) is 7.90. The van der Waals surface area contributed by atoms with Gasteiger partial charge >= 0.3 is 5.97 Å². The summed E-state index contributed by atoms with van der Waals surface area (Å²) in [5.74, 6) is -0.143. The summed E-state index contributed by atoms with van der Waals surface area (Å²) >= 11 is 3.47. The average molecular weight is 339 g/mol. The molecule has 2 saturated heterocycles. The van der Waals surface area contributed by atoms with Crippen LogP contribution in [0.25, 0.3) is 0 Å². The van der Waals surface area contributed by atoms with Crippen LogP contribution in [0.15, 0.2) is 28.7 Å². The fraction of sp³-hybridized carbons (Fsp3) is 0.562. The van der Waals surface area contributed by atoms with Crippen LogP contribution in [0.5, 0.6) is 0 Å². The third kappa shape index (κ3) is 2.40. The number of halogens is 1. The zero-order chi connectivity index (χ0) is 14.2. The van der Waals surface area contributed by atoms with Crippen molar-refractivity contribution >= 4 is 21.9 Å². The van der Waals surface area contributed by atoms with E-state index in [-0.39, 0.29) is 17.2 Å². The number of carbonyl (C=O) groups is 1. The summed E-state index contributed by atoms with van der Waals surface area (Å²) in [6.45, 7) is 0. The normalized spacial score (nSPS) is 31.5. The zero-order valence-corrected chi connectivity index (χ0v) is 13.2. The molecule has 1 aromatic rings. The van der Waals surface area contributed by atoms with Crippen molar-refractivity contribution in [2.75, 3.05) is 7.11 Å². The van der Waals surface area contributed by atoms with Crippen LogP contribution in [-0.2, 0) is 19.9 Å². The van der Waals surface area contributed by atoms with Crippen LogP contribution < -0.4 is 0 Å². The topological polar surface area (TPSA) is 35.5 Å². The van der Waals surface area contributed by atoms with Gasteiger partial charge in [-0.05, 0) is 49.8 Å². The quantitative estimate of drug-likeness (QED) is 0.780. The van der Waals surface area contributed by atoms with E-state index in [4.69, 9.17) is 9.47 Å². The molecule has 0 atom stereocenters. The summed E-state index contributed by atoms with van der Waals surface area (Å²) in [6.07, 6.45) is 5.41. The summed E-state index contributed by atoms with van der Waals surface area (Å²) < 4.78 is 12.3. The van der Waals surface area contributed by atoms with Crippen molar-refractivity contribution in [3.63, 3.8) is 0 Å². The number of carbonyl (C=O) groups excluding carboxylic acids is 1. The van der Waals surface area contributed by atoms with Crippen LogP contribution in [0.4, 0.5) is 0 Å². The average Bonchev–Trinajstić information content (AvgIpc) is 3.03. The number of rotatable bonds is 4. The summed E-state index contributed by atoms with van der Waals surface area (Å²) in [7, 11) is 1.44. The van der Waals surface area contributed by atoms with Crippen molar-refractivity contribution in [3.05, 3.63) is 34.3 Å². The molecule has 0 aliphatic carbocycles. The highest BCUT2D eigenvalue weighted by Crippen LogP contribution is 2.57. The third-order valence-corrected chi connectivity index (χ3v) is 5.29. The maximum absolute atomic E-state index is 11.3. The van der Waals surface area contributed by atoms with Crippen molar-refractivity contribution < 1.29 is 14.3 Å². The lowest BCUT2D eigenvalue weighted by Gasteiger charge is -2.25. The molecule has 3 nitrogen and oxygen atoms in total. The van der Waals surface area contributed by atoms with E-state index in [0.29, 0.717) is 6.42 Å². The summed E-state index contributed by atoms with van der Waals surface area (Å²) in [6, 6.07) is 8.43. The Morgan fingerprint density at radius 2 is 1.90 bits per heavy atom. The van der Waals surface area contributed by atoms with Gasteiger partial charge in [0.2, 0.25) is 0 Å². The molecule has 2 aliphatic heterocycles. The SMILES string of the molecule is COC(=O)CCC12CCC(c3ccc(Br)cc3)(CC1)O2. The van der Waals surface area contributed by atoms with Crippen LogP contribution in [-0.4, -0.2) is 18.7 Å². The first kappa shape index (κ1) is 14.1. The molecule has 3 rings (SSSR count). The highest BCUT2D eigenvalue weighted by atomic mass is 79.9. The minimum absolute atomic E-state index is 0.110. The van der Waals surface area contributed by atoms with Gasteiger partial charge in [-0.3, -0.25) is 4.79 Å². The molecule has 0 radical (unpaired) electrons. The number of methoxy groups -OCH3 is 1. The van der Waals surface area contributed by atoms with Crippen molar-refractivity contribution in [2.45, 2.75) is 49.7 Å². The lowest BCUT2D eigenvalue weighted by Crippen LogP contribution is -2.25. The van der Waals surface area contributed by atoms with E-state index < -0.39 is 0 Å². The largest absolute Gasteiger partial charge is 0.469 e. The van der Waals surface area contributed by atoms with E-state index in [1.807, 2.05) is 0 Å². The van der Waals surface area contributed by atoms with E-state index in [2.05, 4.69) is 40.2 Å². The lowest BCUT2D eigenvalue weighted by atomic mass is 9.77. The number of fused-ring (bicyclic) bond motifs is 2. The predicted molar refractivity (Wildman–Crippen MR) is 79.4 cm³/mol. The third-order valence-electron chi connectivity index (χ3n) is 4.76. The first-order chi connectivity index (χ1) is 9.57. The number of esters is 1. The van der Waals surface area contributed by atoms with Gasteiger partial charge in [0.15, 0.2) is 0 Å². The molecule has 0 unspecified atom stereocenters. The second-order valence-electron chi connectivity index (χ2n) is 5.86. The Morgan fingerprint density at radius 3 is 2.50 bits per heavy atom. The molecule has 2 heterocycles. The van der Waals surface area contributed by atoms with Gasteiger partial charge in [0.25, 0.3) is 0 Å². The Bertz CT molecular complexity index is 501. The van der Waals surface area contributed by atoms with Gasteiger partial charge in [0.05, 0.1) is 18.3 Å². The molecule has 0 spiro atoms. The summed E-state index contributed by atoms with van der Waals surface area (Å²) in [5, 5.41) is 0. The highest BCUT2D eigenvalue weighted by molar-refractivity contribution is 9.10.